The normalized spacial score (nSPS) is 21.9. The third-order valence-electron chi connectivity index (χ3n) is 7.92. The molecule has 0 saturated heterocycles. The van der Waals surface area contributed by atoms with Crippen LogP contribution in [0.1, 0.15) is 82.1 Å². The van der Waals surface area contributed by atoms with E-state index in [1.807, 2.05) is 25.2 Å². The zero-order chi connectivity index (χ0) is 32.4. The Labute approximate surface area is 263 Å². The highest BCUT2D eigenvalue weighted by Gasteiger charge is 2.36. The van der Waals surface area contributed by atoms with Crippen molar-refractivity contribution in [3.63, 3.8) is 0 Å². The van der Waals surface area contributed by atoms with E-state index in [1.54, 1.807) is 7.11 Å². The Balaban J connectivity index is 2.64. The average molecular weight is 581 g/mol. The molecule has 0 aromatic carbocycles. The van der Waals surface area contributed by atoms with Crippen molar-refractivity contribution >= 4 is 5.78 Å². The molecular formula is C41H56O2. The maximum absolute atomic E-state index is 12.1. The second kappa shape index (κ2) is 19.7. The van der Waals surface area contributed by atoms with Crippen LogP contribution in [0.15, 0.2) is 142 Å². The molecule has 1 aliphatic rings. The average Bonchev–Trinajstić information content (AvgIpc) is 2.96. The van der Waals surface area contributed by atoms with E-state index in [1.165, 1.54) is 27.9 Å². The van der Waals surface area contributed by atoms with E-state index in [4.69, 9.17) is 4.74 Å². The number of hydrogen-bond acceptors (Lipinski definition) is 2. The van der Waals surface area contributed by atoms with Crippen LogP contribution in [0.5, 0.6) is 0 Å². The first-order chi connectivity index (χ1) is 20.3. The van der Waals surface area contributed by atoms with Crippen LogP contribution in [-0.2, 0) is 9.53 Å². The third kappa shape index (κ3) is 14.5. The van der Waals surface area contributed by atoms with E-state index >= 15 is 0 Å². The summed E-state index contributed by atoms with van der Waals surface area (Å²) in [5, 5.41) is 0. The van der Waals surface area contributed by atoms with Gasteiger partial charge in [0, 0.05) is 19.4 Å². The largest absolute Gasteiger partial charge is 0.373 e. The monoisotopic (exact) mass is 580 g/mol. The lowest BCUT2D eigenvalue weighted by Gasteiger charge is -2.38. The molecule has 0 spiro atoms. The summed E-state index contributed by atoms with van der Waals surface area (Å²) in [6, 6.07) is 0. The SMILES string of the molecule is COC1(C)C(/C=C/C(C)=C/C=C/C(C)=C/C=C/C=C(C)/C=C/C=C(C)/C=C/C=C(\C)C(=O)CCC(C)C)=CC=C(C)C1C. The summed E-state index contributed by atoms with van der Waals surface area (Å²) in [5.74, 6) is 1.12. The molecule has 43 heavy (non-hydrogen) atoms. The van der Waals surface area contributed by atoms with Gasteiger partial charge in [-0.3, -0.25) is 4.79 Å². The zero-order valence-electron chi connectivity index (χ0n) is 28.7. The van der Waals surface area contributed by atoms with Gasteiger partial charge >= 0.3 is 0 Å². The van der Waals surface area contributed by atoms with Gasteiger partial charge in [-0.2, -0.15) is 0 Å². The third-order valence-corrected chi connectivity index (χ3v) is 7.92. The Hall–Kier alpha value is -3.49. The maximum Gasteiger partial charge on any atom is 0.158 e. The summed E-state index contributed by atoms with van der Waals surface area (Å²) in [7, 11) is 1.79. The van der Waals surface area contributed by atoms with Crippen LogP contribution in [-0.4, -0.2) is 18.5 Å². The molecule has 2 heteroatoms. The highest BCUT2D eigenvalue weighted by atomic mass is 16.5. The first-order valence-electron chi connectivity index (χ1n) is 15.5. The molecule has 1 aliphatic carbocycles. The highest BCUT2D eigenvalue weighted by molar-refractivity contribution is 5.94. The Morgan fingerprint density at radius 1 is 0.791 bits per heavy atom. The van der Waals surface area contributed by atoms with Crippen molar-refractivity contribution in [2.75, 3.05) is 7.11 Å². The minimum atomic E-state index is -0.306. The van der Waals surface area contributed by atoms with Gasteiger partial charge in [-0.25, -0.2) is 0 Å². The van der Waals surface area contributed by atoms with E-state index in [-0.39, 0.29) is 11.4 Å². The van der Waals surface area contributed by atoms with Gasteiger partial charge in [-0.15, -0.1) is 0 Å². The Morgan fingerprint density at radius 3 is 1.74 bits per heavy atom. The fourth-order valence-electron chi connectivity index (χ4n) is 4.35. The van der Waals surface area contributed by atoms with Crippen LogP contribution in [0.25, 0.3) is 0 Å². The predicted octanol–water partition coefficient (Wildman–Crippen LogP) is 11.4. The molecular weight excluding hydrogens is 524 g/mol. The molecule has 0 N–H and O–H groups in total. The van der Waals surface area contributed by atoms with Gasteiger partial charge in [0.05, 0.1) is 5.60 Å². The lowest BCUT2D eigenvalue weighted by atomic mass is 9.75. The number of Topliss-reactive ketones (excluding diaryl/α,β-unsaturated/α-hetero) is 1. The van der Waals surface area contributed by atoms with Gasteiger partial charge in [-0.05, 0) is 72.0 Å². The van der Waals surface area contributed by atoms with Crippen molar-refractivity contribution in [2.45, 2.75) is 87.7 Å². The number of carbonyl (C=O) groups is 1. The minimum absolute atomic E-state index is 0.233. The van der Waals surface area contributed by atoms with Gasteiger partial charge in [-0.1, -0.05) is 152 Å². The van der Waals surface area contributed by atoms with Crippen molar-refractivity contribution in [2.24, 2.45) is 11.8 Å². The molecule has 232 valence electrons. The molecule has 0 fully saturated rings. The molecule has 0 radical (unpaired) electrons. The molecule has 0 heterocycles. The van der Waals surface area contributed by atoms with Crippen LogP contribution in [0.4, 0.5) is 0 Å². The fraction of sp³-hybridized carbons (Fsp3) is 0.390. The Bertz CT molecular complexity index is 1300. The fourth-order valence-corrected chi connectivity index (χ4v) is 4.35. The predicted molar refractivity (Wildman–Crippen MR) is 190 cm³/mol. The highest BCUT2D eigenvalue weighted by Crippen LogP contribution is 2.38. The van der Waals surface area contributed by atoms with Crippen LogP contribution < -0.4 is 0 Å². The van der Waals surface area contributed by atoms with Crippen molar-refractivity contribution in [1.29, 1.82) is 0 Å². The van der Waals surface area contributed by atoms with Gasteiger partial charge < -0.3 is 4.74 Å². The lowest BCUT2D eigenvalue weighted by molar-refractivity contribution is -0.115. The van der Waals surface area contributed by atoms with E-state index in [9.17, 15) is 4.79 Å². The van der Waals surface area contributed by atoms with Crippen LogP contribution >= 0.6 is 0 Å². The second-order valence-corrected chi connectivity index (χ2v) is 12.2. The van der Waals surface area contributed by atoms with Gasteiger partial charge in [0.2, 0.25) is 0 Å². The molecule has 0 aromatic heterocycles. The molecule has 0 saturated carbocycles. The van der Waals surface area contributed by atoms with Crippen molar-refractivity contribution in [1.82, 2.24) is 0 Å². The molecule has 0 aliphatic heterocycles. The number of carbonyl (C=O) groups excluding carboxylic acids is 1. The summed E-state index contributed by atoms with van der Waals surface area (Å²) in [6.45, 7) is 21.1. The van der Waals surface area contributed by atoms with E-state index in [2.05, 4.69) is 147 Å². The van der Waals surface area contributed by atoms with Gasteiger partial charge in [0.25, 0.3) is 0 Å². The number of rotatable bonds is 15. The van der Waals surface area contributed by atoms with Gasteiger partial charge in [0.15, 0.2) is 5.78 Å². The molecule has 1 rings (SSSR count). The first kappa shape index (κ1) is 37.5. The number of hydrogen-bond donors (Lipinski definition) is 0. The lowest BCUT2D eigenvalue weighted by Crippen LogP contribution is -2.39. The summed E-state index contributed by atoms with van der Waals surface area (Å²) in [5.41, 5.74) is 7.70. The van der Waals surface area contributed by atoms with Crippen molar-refractivity contribution in [3.05, 3.63) is 142 Å². The van der Waals surface area contributed by atoms with Crippen LogP contribution in [0.3, 0.4) is 0 Å². The molecule has 2 atom stereocenters. The standard InChI is InChI=1S/C41H56O2/c1-31(2)25-30-40(42)37(8)24-16-23-34(5)21-14-19-32(3)17-12-13-18-33(4)20-15-22-35(6)26-28-39-29-27-36(7)38(9)41(39,10)43-11/h12-24,26-29,31,38H,25,30H2,1-11H3/b13-12+,19-14+,20-15+,23-16+,28-26+,32-17+,33-18+,34-21+,35-22+,37-24+. The zero-order valence-corrected chi connectivity index (χ0v) is 28.7. The Kier molecular flexibility index (Phi) is 17.2. The number of ketones is 1. The number of allylic oxidation sites excluding steroid dienone is 21. The van der Waals surface area contributed by atoms with Crippen molar-refractivity contribution in [3.8, 4) is 0 Å². The van der Waals surface area contributed by atoms with Crippen LogP contribution in [0, 0.1) is 11.8 Å². The second-order valence-electron chi connectivity index (χ2n) is 12.2. The molecule has 2 unspecified atom stereocenters. The van der Waals surface area contributed by atoms with E-state index in [0.29, 0.717) is 18.3 Å². The maximum atomic E-state index is 12.1. The quantitative estimate of drug-likeness (QED) is 0.142. The van der Waals surface area contributed by atoms with E-state index in [0.717, 1.165) is 17.6 Å². The summed E-state index contributed by atoms with van der Waals surface area (Å²) in [4.78, 5) is 12.1. The summed E-state index contributed by atoms with van der Waals surface area (Å²) < 4.78 is 5.91. The summed E-state index contributed by atoms with van der Waals surface area (Å²) >= 11 is 0. The minimum Gasteiger partial charge on any atom is -0.373 e. The Morgan fingerprint density at radius 2 is 1.26 bits per heavy atom. The molecule has 0 amide bonds. The van der Waals surface area contributed by atoms with Crippen molar-refractivity contribution < 1.29 is 9.53 Å². The molecule has 2 nitrogen and oxygen atoms in total. The van der Waals surface area contributed by atoms with E-state index < -0.39 is 0 Å². The number of ether oxygens (including phenoxy) is 1. The first-order valence-corrected chi connectivity index (χ1v) is 15.5. The topological polar surface area (TPSA) is 26.3 Å². The number of methoxy groups -OCH3 is 1. The smallest absolute Gasteiger partial charge is 0.158 e. The van der Waals surface area contributed by atoms with Crippen LogP contribution in [0.2, 0.25) is 0 Å². The molecule has 0 aromatic rings. The van der Waals surface area contributed by atoms with Gasteiger partial charge in [0.1, 0.15) is 0 Å². The summed E-state index contributed by atoms with van der Waals surface area (Å²) in [6.07, 6.45) is 37.0. The molecule has 0 bridgehead atoms.